The van der Waals surface area contributed by atoms with Crippen molar-refractivity contribution in [3.8, 4) is 0 Å². The Bertz CT molecular complexity index is 32.5. The number of hydrogen-bond acceptors (Lipinski definition) is 3. The minimum Gasteiger partial charge on any atom is -0.412 e. The van der Waals surface area contributed by atoms with Crippen molar-refractivity contribution >= 4 is 0 Å². The third-order valence-corrected chi connectivity index (χ3v) is 0. The van der Waals surface area contributed by atoms with E-state index >= 15 is 0 Å². The second-order valence-electron chi connectivity index (χ2n) is 0.224. The maximum absolute atomic E-state index is 8.25. The van der Waals surface area contributed by atoms with Gasteiger partial charge in [0.25, 0.3) is 0 Å². The van der Waals surface area contributed by atoms with Crippen LogP contribution in [0.1, 0.15) is 0 Å². The Morgan fingerprint density at radius 1 is 0.727 bits per heavy atom. The molecule has 0 saturated heterocycles. The molecule has 0 amide bonds. The third-order valence-electron chi connectivity index (χ3n) is 0. The van der Waals surface area contributed by atoms with E-state index in [1.54, 1.807) is 0 Å². The van der Waals surface area contributed by atoms with Gasteiger partial charge in [-0.1, -0.05) is 0 Å². The smallest absolute Gasteiger partial charge is 0.412 e. The molecule has 11 heavy (non-hydrogen) atoms. The van der Waals surface area contributed by atoms with Crippen LogP contribution in [-0.2, 0) is 0 Å². The van der Waals surface area contributed by atoms with E-state index < -0.39 is 5.09 Å². The minimum atomic E-state index is -1.75. The summed E-state index contributed by atoms with van der Waals surface area (Å²) in [5.74, 6) is 0. The first kappa shape index (κ1) is 147. The first-order chi connectivity index (χ1) is 1.73. The number of hydrogen-bond donors (Lipinski definition) is 0. The van der Waals surface area contributed by atoms with E-state index in [0.29, 0.717) is 0 Å². The molecule has 0 aromatic heterocycles. The fourth-order valence-electron chi connectivity index (χ4n) is 0. The number of rotatable bonds is 0. The zero-order valence-electron chi connectivity index (χ0n) is 5.67. The van der Waals surface area contributed by atoms with Gasteiger partial charge < -0.3 is 48.2 Å². The molecule has 0 spiro atoms. The van der Waals surface area contributed by atoms with E-state index in [2.05, 4.69) is 0 Å². The van der Waals surface area contributed by atoms with Crippen molar-refractivity contribution in [1.29, 1.82) is 0 Å². The predicted molar refractivity (Wildman–Crippen MR) is 32.0 cm³/mol. The summed E-state index contributed by atoms with van der Waals surface area (Å²) in [6.45, 7) is 0. The minimum absolute atomic E-state index is 0. The van der Waals surface area contributed by atoms with E-state index in [4.69, 9.17) is 15.3 Å². The average molecular weight is 177 g/mol. The van der Waals surface area contributed by atoms with Crippen LogP contribution in [0.25, 0.3) is 0 Å². The molecule has 0 unspecified atom stereocenters. The van der Waals surface area contributed by atoms with Crippen LogP contribution in [0.4, 0.5) is 0 Å². The monoisotopic (exact) mass is 177 g/mol. The van der Waals surface area contributed by atoms with E-state index in [9.17, 15) is 0 Å². The summed E-state index contributed by atoms with van der Waals surface area (Å²) in [6.07, 6.45) is 0. The van der Waals surface area contributed by atoms with Gasteiger partial charge in [0.15, 0.2) is 0 Å². The summed E-state index contributed by atoms with van der Waals surface area (Å²) in [5.41, 5.74) is 0. The Kier molecular flexibility index (Phi) is 1430. The summed E-state index contributed by atoms with van der Waals surface area (Å²) in [6, 6.07) is 0. The van der Waals surface area contributed by atoms with E-state index in [-0.39, 0.29) is 51.7 Å². The van der Waals surface area contributed by atoms with Gasteiger partial charge in [-0.3, -0.25) is 0 Å². The quantitative estimate of drug-likeness (QED) is 0.198. The first-order valence-corrected chi connectivity index (χ1v) is 0.548. The molecule has 0 atom stereocenters. The standard InChI is InChI=1S/Li.NO3.6H2O/c;2-1(3)4;;;;;;/h;;6*1H2/q+1;-1;;;;;;. The van der Waals surface area contributed by atoms with Crippen LogP contribution in [0.2, 0.25) is 0 Å². The van der Waals surface area contributed by atoms with Crippen LogP contribution in [0.15, 0.2) is 0 Å². The molecule has 0 bridgehead atoms. The predicted octanol–water partition coefficient (Wildman–Crippen LogP) is -8.18. The molecular weight excluding hydrogens is 165 g/mol. The van der Waals surface area contributed by atoms with Crippen molar-refractivity contribution in [3.05, 3.63) is 15.3 Å². The van der Waals surface area contributed by atoms with Gasteiger partial charge in [-0.15, -0.1) is 0 Å². The third kappa shape index (κ3) is 2790. The largest absolute Gasteiger partial charge is 1.00 e. The van der Waals surface area contributed by atoms with Crippen LogP contribution in [0.3, 0.4) is 0 Å². The Labute approximate surface area is 73.0 Å². The topological polar surface area (TPSA) is 255 Å². The molecule has 72 valence electrons. The molecular formula is H12LiNO9. The second-order valence-corrected chi connectivity index (χ2v) is 0.224. The van der Waals surface area contributed by atoms with E-state index in [1.807, 2.05) is 0 Å². The maximum Gasteiger partial charge on any atom is 1.00 e. The second kappa shape index (κ2) is 107. The molecule has 0 aromatic rings. The summed E-state index contributed by atoms with van der Waals surface area (Å²) >= 11 is 0. The van der Waals surface area contributed by atoms with Crippen molar-refractivity contribution in [3.63, 3.8) is 0 Å². The molecule has 12 N–H and O–H groups in total. The van der Waals surface area contributed by atoms with Crippen LogP contribution in [0.5, 0.6) is 0 Å². The SMILES string of the molecule is O.O.O.O.O.O.O=[N+]([O-])[O-].[Li+]. The fraction of sp³-hybridized carbons (Fsp3) is 0. The van der Waals surface area contributed by atoms with Gasteiger partial charge in [0, 0.05) is 0 Å². The molecule has 0 aliphatic heterocycles. The van der Waals surface area contributed by atoms with Gasteiger partial charge in [-0.05, 0) is 0 Å². The Morgan fingerprint density at radius 2 is 0.727 bits per heavy atom. The zero-order valence-corrected chi connectivity index (χ0v) is 5.67. The molecule has 0 fully saturated rings. The van der Waals surface area contributed by atoms with Crippen molar-refractivity contribution in [1.82, 2.24) is 0 Å². The van der Waals surface area contributed by atoms with Crippen molar-refractivity contribution in [2.24, 2.45) is 0 Å². The van der Waals surface area contributed by atoms with Gasteiger partial charge in [0.05, 0.1) is 5.09 Å². The van der Waals surface area contributed by atoms with Crippen molar-refractivity contribution in [2.45, 2.75) is 0 Å². The van der Waals surface area contributed by atoms with E-state index in [1.165, 1.54) is 0 Å². The van der Waals surface area contributed by atoms with Gasteiger partial charge in [-0.25, -0.2) is 0 Å². The van der Waals surface area contributed by atoms with E-state index in [0.717, 1.165) is 0 Å². The van der Waals surface area contributed by atoms with Gasteiger partial charge in [-0.2, -0.15) is 0 Å². The molecule has 11 heteroatoms. The van der Waals surface area contributed by atoms with Crippen molar-refractivity contribution in [2.75, 3.05) is 0 Å². The van der Waals surface area contributed by atoms with Crippen molar-refractivity contribution < 1.29 is 56.8 Å². The fourth-order valence-corrected chi connectivity index (χ4v) is 0. The zero-order chi connectivity index (χ0) is 3.58. The normalized spacial score (nSPS) is 2.18. The molecule has 0 rings (SSSR count). The van der Waals surface area contributed by atoms with Gasteiger partial charge >= 0.3 is 18.9 Å². The molecule has 0 aliphatic rings. The molecule has 0 heterocycles. The Morgan fingerprint density at radius 3 is 0.727 bits per heavy atom. The summed E-state index contributed by atoms with van der Waals surface area (Å²) in [4.78, 5) is 8.25. The summed E-state index contributed by atoms with van der Waals surface area (Å²) < 4.78 is 0. The first-order valence-electron chi connectivity index (χ1n) is 0.548. The Hall–Kier alpha value is -0.443. The van der Waals surface area contributed by atoms with Crippen LogP contribution in [-0.4, -0.2) is 37.9 Å². The Balaban J connectivity index is -0.00000000214. The van der Waals surface area contributed by atoms with Crippen LogP contribution < -0.4 is 18.9 Å². The molecule has 10 nitrogen and oxygen atoms in total. The van der Waals surface area contributed by atoms with Crippen LogP contribution >= 0.6 is 0 Å². The maximum atomic E-state index is 8.25. The van der Waals surface area contributed by atoms with Gasteiger partial charge in [0.2, 0.25) is 0 Å². The molecule has 0 saturated carbocycles. The number of nitrogens with zero attached hydrogens (tertiary/aromatic N) is 1. The molecule has 0 aromatic carbocycles. The molecule has 0 radical (unpaired) electrons. The summed E-state index contributed by atoms with van der Waals surface area (Å²) in [7, 11) is 0. The van der Waals surface area contributed by atoms with Gasteiger partial charge in [0.1, 0.15) is 0 Å². The summed E-state index contributed by atoms with van der Waals surface area (Å²) in [5, 5.41) is 14.8. The molecule has 0 aliphatic carbocycles. The average Bonchev–Trinajstić information content (AvgIpc) is 0.811. The van der Waals surface area contributed by atoms with Crippen LogP contribution in [0, 0.1) is 15.3 Å².